The second-order valence-electron chi connectivity index (χ2n) is 5.91. The average Bonchev–Trinajstić information content (AvgIpc) is 2.40. The Morgan fingerprint density at radius 3 is 2.44 bits per heavy atom. The quantitative estimate of drug-likeness (QED) is 0.711. The van der Waals surface area contributed by atoms with E-state index in [1.165, 1.54) is 58.0 Å². The van der Waals surface area contributed by atoms with Gasteiger partial charge in [0.1, 0.15) is 0 Å². The summed E-state index contributed by atoms with van der Waals surface area (Å²) < 4.78 is 0. The van der Waals surface area contributed by atoms with Crippen molar-refractivity contribution in [3.63, 3.8) is 0 Å². The molecule has 0 radical (unpaired) electrons. The summed E-state index contributed by atoms with van der Waals surface area (Å²) in [4.78, 5) is 2.73. The van der Waals surface area contributed by atoms with Crippen LogP contribution in [0.1, 0.15) is 65.7 Å². The van der Waals surface area contributed by atoms with Gasteiger partial charge in [-0.05, 0) is 51.7 Å². The molecule has 108 valence electrons. The fraction of sp³-hybridized carbons (Fsp3) is 1.00. The molecule has 0 aliphatic heterocycles. The number of hydrogen-bond donors (Lipinski definition) is 1. The maximum atomic E-state index is 3.57. The first-order valence-corrected chi connectivity index (χ1v) is 8.18. The Morgan fingerprint density at radius 2 is 1.89 bits per heavy atom. The molecular weight excluding hydrogens is 220 g/mol. The molecule has 0 bridgehead atoms. The van der Waals surface area contributed by atoms with Gasteiger partial charge in [-0.2, -0.15) is 0 Å². The Kier molecular flexibility index (Phi) is 7.92. The zero-order valence-electron chi connectivity index (χ0n) is 13.0. The SMILES string of the molecule is CCCCN(CC)C1CC(CCC)CCC1NC. The van der Waals surface area contributed by atoms with Gasteiger partial charge in [0.15, 0.2) is 0 Å². The summed E-state index contributed by atoms with van der Waals surface area (Å²) in [5, 5.41) is 3.57. The molecule has 0 aromatic carbocycles. The summed E-state index contributed by atoms with van der Waals surface area (Å²) >= 11 is 0. The number of nitrogens with one attached hydrogen (secondary N) is 1. The molecule has 1 fully saturated rings. The smallest absolute Gasteiger partial charge is 0.0251 e. The van der Waals surface area contributed by atoms with E-state index in [9.17, 15) is 0 Å². The number of rotatable bonds is 8. The minimum absolute atomic E-state index is 0.718. The Hall–Kier alpha value is -0.0800. The maximum Gasteiger partial charge on any atom is 0.0251 e. The normalized spacial score (nSPS) is 28.8. The number of nitrogens with zero attached hydrogens (tertiary/aromatic N) is 1. The van der Waals surface area contributed by atoms with Crippen LogP contribution in [0.3, 0.4) is 0 Å². The number of likely N-dealkylation sites (N-methyl/N-ethyl adjacent to an activating group) is 2. The summed E-state index contributed by atoms with van der Waals surface area (Å²) in [6.45, 7) is 9.44. The molecule has 0 spiro atoms. The molecule has 0 aromatic heterocycles. The number of hydrogen-bond acceptors (Lipinski definition) is 2. The Labute approximate surface area is 115 Å². The van der Waals surface area contributed by atoms with Gasteiger partial charge in [-0.3, -0.25) is 4.90 Å². The molecule has 3 atom stereocenters. The van der Waals surface area contributed by atoms with Crippen molar-refractivity contribution in [2.45, 2.75) is 77.8 Å². The van der Waals surface area contributed by atoms with E-state index < -0.39 is 0 Å². The fourth-order valence-electron chi connectivity index (χ4n) is 3.56. The van der Waals surface area contributed by atoms with Crippen LogP contribution in [0.15, 0.2) is 0 Å². The zero-order chi connectivity index (χ0) is 13.4. The molecule has 0 saturated heterocycles. The van der Waals surface area contributed by atoms with E-state index in [4.69, 9.17) is 0 Å². The molecule has 0 aromatic rings. The van der Waals surface area contributed by atoms with Crippen molar-refractivity contribution in [2.24, 2.45) is 5.92 Å². The molecule has 1 saturated carbocycles. The van der Waals surface area contributed by atoms with Crippen LogP contribution in [0.25, 0.3) is 0 Å². The summed E-state index contributed by atoms with van der Waals surface area (Å²) in [7, 11) is 2.14. The van der Waals surface area contributed by atoms with Crippen LogP contribution in [0.5, 0.6) is 0 Å². The van der Waals surface area contributed by atoms with Gasteiger partial charge in [0.25, 0.3) is 0 Å². The zero-order valence-corrected chi connectivity index (χ0v) is 13.0. The molecule has 1 aliphatic carbocycles. The second-order valence-corrected chi connectivity index (χ2v) is 5.91. The molecular formula is C16H34N2. The lowest BCUT2D eigenvalue weighted by molar-refractivity contribution is 0.0999. The van der Waals surface area contributed by atoms with Crippen LogP contribution >= 0.6 is 0 Å². The van der Waals surface area contributed by atoms with E-state index in [-0.39, 0.29) is 0 Å². The fourth-order valence-corrected chi connectivity index (χ4v) is 3.56. The lowest BCUT2D eigenvalue weighted by Gasteiger charge is -2.42. The summed E-state index contributed by atoms with van der Waals surface area (Å²) in [5.41, 5.74) is 0. The molecule has 3 unspecified atom stereocenters. The molecule has 0 amide bonds. The van der Waals surface area contributed by atoms with Crippen LogP contribution < -0.4 is 5.32 Å². The molecule has 2 heteroatoms. The molecule has 2 nitrogen and oxygen atoms in total. The molecule has 18 heavy (non-hydrogen) atoms. The Bertz CT molecular complexity index is 205. The lowest BCUT2D eigenvalue weighted by atomic mass is 9.79. The first-order chi connectivity index (χ1) is 8.76. The van der Waals surface area contributed by atoms with E-state index >= 15 is 0 Å². The average molecular weight is 254 g/mol. The highest BCUT2D eigenvalue weighted by molar-refractivity contribution is 4.90. The van der Waals surface area contributed by atoms with Crippen molar-refractivity contribution in [2.75, 3.05) is 20.1 Å². The van der Waals surface area contributed by atoms with Crippen LogP contribution in [0, 0.1) is 5.92 Å². The highest BCUT2D eigenvalue weighted by Gasteiger charge is 2.32. The van der Waals surface area contributed by atoms with Crippen LogP contribution in [0.2, 0.25) is 0 Å². The molecule has 1 aliphatic rings. The van der Waals surface area contributed by atoms with Gasteiger partial charge < -0.3 is 5.32 Å². The predicted molar refractivity (Wildman–Crippen MR) is 81.0 cm³/mol. The highest BCUT2D eigenvalue weighted by atomic mass is 15.2. The Balaban J connectivity index is 2.58. The predicted octanol–water partition coefficient (Wildman–Crippen LogP) is 3.67. The molecule has 1 rings (SSSR count). The van der Waals surface area contributed by atoms with Gasteiger partial charge in [-0.1, -0.05) is 40.0 Å². The van der Waals surface area contributed by atoms with E-state index in [0.29, 0.717) is 0 Å². The van der Waals surface area contributed by atoms with Crippen molar-refractivity contribution < 1.29 is 0 Å². The van der Waals surface area contributed by atoms with Crippen molar-refractivity contribution >= 4 is 0 Å². The van der Waals surface area contributed by atoms with Gasteiger partial charge in [0.2, 0.25) is 0 Å². The van der Waals surface area contributed by atoms with E-state index in [1.54, 1.807) is 0 Å². The van der Waals surface area contributed by atoms with Gasteiger partial charge in [0.05, 0.1) is 0 Å². The first kappa shape index (κ1) is 16.0. The van der Waals surface area contributed by atoms with Gasteiger partial charge in [-0.15, -0.1) is 0 Å². The largest absolute Gasteiger partial charge is 0.315 e. The third-order valence-electron chi connectivity index (χ3n) is 4.67. The summed E-state index contributed by atoms with van der Waals surface area (Å²) in [6.07, 6.45) is 9.65. The molecule has 0 heterocycles. The van der Waals surface area contributed by atoms with Crippen molar-refractivity contribution in [3.8, 4) is 0 Å². The van der Waals surface area contributed by atoms with Crippen molar-refractivity contribution in [1.82, 2.24) is 10.2 Å². The van der Waals surface area contributed by atoms with E-state index in [1.807, 2.05) is 0 Å². The van der Waals surface area contributed by atoms with Gasteiger partial charge in [-0.25, -0.2) is 0 Å². The standard InChI is InChI=1S/C16H34N2/c1-5-8-12-18(7-3)16-13-14(9-6-2)10-11-15(16)17-4/h14-17H,5-13H2,1-4H3. The second kappa shape index (κ2) is 8.92. The van der Waals surface area contributed by atoms with E-state index in [0.717, 1.165) is 18.0 Å². The van der Waals surface area contributed by atoms with E-state index in [2.05, 4.69) is 38.0 Å². The van der Waals surface area contributed by atoms with Gasteiger partial charge in [0, 0.05) is 12.1 Å². The first-order valence-electron chi connectivity index (χ1n) is 8.18. The topological polar surface area (TPSA) is 15.3 Å². The highest BCUT2D eigenvalue weighted by Crippen LogP contribution is 2.31. The summed E-state index contributed by atoms with van der Waals surface area (Å²) in [6, 6.07) is 1.49. The summed E-state index contributed by atoms with van der Waals surface area (Å²) in [5.74, 6) is 0.972. The number of unbranched alkanes of at least 4 members (excludes halogenated alkanes) is 1. The van der Waals surface area contributed by atoms with Crippen molar-refractivity contribution in [3.05, 3.63) is 0 Å². The third-order valence-corrected chi connectivity index (χ3v) is 4.67. The Morgan fingerprint density at radius 1 is 1.11 bits per heavy atom. The lowest BCUT2D eigenvalue weighted by Crippen LogP contribution is -2.52. The van der Waals surface area contributed by atoms with Crippen LogP contribution in [0.4, 0.5) is 0 Å². The molecule has 1 N–H and O–H groups in total. The van der Waals surface area contributed by atoms with Gasteiger partial charge >= 0.3 is 0 Å². The minimum Gasteiger partial charge on any atom is -0.315 e. The third kappa shape index (κ3) is 4.55. The maximum absolute atomic E-state index is 3.57. The minimum atomic E-state index is 0.718. The van der Waals surface area contributed by atoms with Crippen LogP contribution in [-0.4, -0.2) is 37.1 Å². The monoisotopic (exact) mass is 254 g/mol. The van der Waals surface area contributed by atoms with Crippen molar-refractivity contribution in [1.29, 1.82) is 0 Å². The van der Waals surface area contributed by atoms with Crippen LogP contribution in [-0.2, 0) is 0 Å².